The summed E-state index contributed by atoms with van der Waals surface area (Å²) in [5.41, 5.74) is 6.13. The highest BCUT2D eigenvalue weighted by Gasteiger charge is 2.77. The lowest BCUT2D eigenvalue weighted by Gasteiger charge is -2.78. The first-order chi connectivity index (χ1) is 34.7. The third-order valence-electron chi connectivity index (χ3n) is 25.4. The first-order valence-electron chi connectivity index (χ1n) is 29.9. The molecular formula is C68H86O6. The van der Waals surface area contributed by atoms with Crippen LogP contribution in [0.25, 0.3) is 0 Å². The summed E-state index contributed by atoms with van der Waals surface area (Å²) in [7, 11) is 0. The molecule has 0 spiro atoms. The van der Waals surface area contributed by atoms with E-state index in [4.69, 9.17) is 9.47 Å². The topological polar surface area (TPSA) is 93.1 Å². The van der Waals surface area contributed by atoms with E-state index >= 15 is 0 Å². The first kappa shape index (κ1) is 47.4. The molecule has 2 N–H and O–H groups in total. The van der Waals surface area contributed by atoms with Crippen molar-refractivity contribution in [2.75, 3.05) is 0 Å². The first-order valence-corrected chi connectivity index (χ1v) is 29.9. The number of carboxylic acid groups (broad SMARTS) is 2. The predicted octanol–water partition coefficient (Wildman–Crippen LogP) is 17.6. The molecule has 16 fully saturated rings. The average molecular weight is 999 g/mol. The lowest BCUT2D eigenvalue weighted by molar-refractivity contribution is -0.257. The zero-order valence-corrected chi connectivity index (χ0v) is 46.3. The van der Waals surface area contributed by atoms with Crippen LogP contribution in [0.5, 0.6) is 23.0 Å². The molecule has 0 heterocycles. The SMILES string of the molecule is CC12CC3CC(C)(C1)CC(C1C4(C)CC5CC(C)(C4)CC1(c1cc(C46CC7CC(C)(CC(C)(C7)C4C47CC8CC(C)(CC(C)(C8)C4)C7)C6)c(Oc4ccc(C(=O)O)cc4)cc1Oc1ccc(C(=O)O)cc1)C5)(C3)C2. The fraction of sp³-hybridized carbons (Fsp3) is 0.706. The highest BCUT2D eigenvalue weighted by molar-refractivity contribution is 5.88. The molecule has 0 saturated heterocycles. The van der Waals surface area contributed by atoms with E-state index in [-0.39, 0.29) is 54.4 Å². The van der Waals surface area contributed by atoms with Gasteiger partial charge in [-0.15, -0.1) is 0 Å². The molecule has 3 aromatic rings. The van der Waals surface area contributed by atoms with Gasteiger partial charge in [0, 0.05) is 28.0 Å². The summed E-state index contributed by atoms with van der Waals surface area (Å²) in [6.07, 6.45) is 29.3. The summed E-state index contributed by atoms with van der Waals surface area (Å²) < 4.78 is 15.1. The molecule has 16 bridgehead atoms. The Labute approximate surface area is 442 Å². The van der Waals surface area contributed by atoms with Crippen LogP contribution in [0.1, 0.15) is 228 Å². The second kappa shape index (κ2) is 14.3. The molecule has 16 saturated carbocycles. The normalized spacial score (nSPS) is 51.2. The standard InChI is InChI=1S/C68H86O6/c1-57-19-41-20-58(2,31-57)36-65(27-41,35-57)55-63(7)25-43-23-61(5,33-63)39-67(55,29-43)49-17-50(52(74-48-15-11-46(12-16-48)54(71)72)18-51(49)73-47-13-9-45(10-14-47)53(69)70)68-30-44-24-62(6,40-68)34-64(8,26-44)56(68)66-28-42-21-59(3,37-66)32-60(4,22-42)38-66/h9-18,41-44,55-56H,19-40H2,1-8H3,(H,69,70)(H,71,72). The van der Waals surface area contributed by atoms with Crippen LogP contribution in [0.15, 0.2) is 60.7 Å². The van der Waals surface area contributed by atoms with Gasteiger partial charge in [0.15, 0.2) is 0 Å². The van der Waals surface area contributed by atoms with E-state index in [2.05, 4.69) is 67.5 Å². The minimum atomic E-state index is -0.934. The molecule has 14 unspecified atom stereocenters. The van der Waals surface area contributed by atoms with Crippen molar-refractivity contribution in [1.29, 1.82) is 0 Å². The molecule has 6 heteroatoms. The molecule has 3 aromatic carbocycles. The number of hydrogen-bond donors (Lipinski definition) is 2. The summed E-state index contributed by atoms with van der Waals surface area (Å²) in [5.74, 6) is 5.23. The van der Waals surface area contributed by atoms with Crippen molar-refractivity contribution < 1.29 is 29.3 Å². The largest absolute Gasteiger partial charge is 0.478 e. The second-order valence-electron chi connectivity index (χ2n) is 33.5. The maximum absolute atomic E-state index is 12.3. The number of ether oxygens (including phenoxy) is 2. The Kier molecular flexibility index (Phi) is 9.14. The summed E-state index contributed by atoms with van der Waals surface area (Å²) in [6, 6.07) is 19.5. The Morgan fingerprint density at radius 1 is 0.392 bits per heavy atom. The van der Waals surface area contributed by atoms with Gasteiger partial charge < -0.3 is 19.7 Å². The molecule has 19 rings (SSSR count). The van der Waals surface area contributed by atoms with Crippen molar-refractivity contribution in [2.24, 2.45) is 89.7 Å². The number of hydrogen-bond acceptors (Lipinski definition) is 4. The van der Waals surface area contributed by atoms with E-state index in [1.165, 1.54) is 152 Å². The van der Waals surface area contributed by atoms with E-state index in [0.717, 1.165) is 23.3 Å². The summed E-state index contributed by atoms with van der Waals surface area (Å²) in [4.78, 5) is 24.6. The molecule has 16 aliphatic carbocycles. The quantitative estimate of drug-likeness (QED) is 0.210. The number of aromatic carboxylic acids is 2. The van der Waals surface area contributed by atoms with E-state index in [1.807, 2.05) is 24.3 Å². The number of rotatable bonds is 10. The van der Waals surface area contributed by atoms with Crippen LogP contribution in [-0.2, 0) is 10.8 Å². The molecule has 0 amide bonds. The van der Waals surface area contributed by atoms with Crippen LogP contribution in [0.4, 0.5) is 0 Å². The van der Waals surface area contributed by atoms with E-state index in [0.29, 0.717) is 56.8 Å². The van der Waals surface area contributed by atoms with E-state index < -0.39 is 11.9 Å². The fourth-order valence-electron chi connectivity index (χ4n) is 28.7. The zero-order valence-electron chi connectivity index (χ0n) is 46.3. The van der Waals surface area contributed by atoms with Gasteiger partial charge in [0.1, 0.15) is 23.0 Å². The van der Waals surface area contributed by atoms with Crippen molar-refractivity contribution >= 4 is 11.9 Å². The van der Waals surface area contributed by atoms with Crippen LogP contribution in [-0.4, -0.2) is 22.2 Å². The Morgan fingerprint density at radius 2 is 0.716 bits per heavy atom. The third-order valence-corrected chi connectivity index (χ3v) is 25.4. The summed E-state index contributed by atoms with van der Waals surface area (Å²) >= 11 is 0. The predicted molar refractivity (Wildman–Crippen MR) is 289 cm³/mol. The van der Waals surface area contributed by atoms with Crippen LogP contribution in [0.3, 0.4) is 0 Å². The van der Waals surface area contributed by atoms with Crippen molar-refractivity contribution in [1.82, 2.24) is 0 Å². The Bertz CT molecular complexity index is 2710. The Balaban J connectivity index is 1.01. The number of benzene rings is 3. The monoisotopic (exact) mass is 999 g/mol. The summed E-state index contributed by atoms with van der Waals surface area (Å²) in [5, 5.41) is 20.1. The van der Waals surface area contributed by atoms with E-state index in [9.17, 15) is 19.8 Å². The Morgan fingerprint density at radius 3 is 1.03 bits per heavy atom. The molecule has 0 radical (unpaired) electrons. The van der Waals surface area contributed by atoms with E-state index in [1.54, 1.807) is 24.3 Å². The highest BCUT2D eigenvalue weighted by Crippen LogP contribution is 2.85. The van der Waals surface area contributed by atoms with Crippen LogP contribution < -0.4 is 9.47 Å². The minimum Gasteiger partial charge on any atom is -0.478 e. The zero-order chi connectivity index (χ0) is 51.3. The summed E-state index contributed by atoms with van der Waals surface area (Å²) in [6.45, 7) is 21.7. The minimum absolute atomic E-state index is 0.110. The second-order valence-corrected chi connectivity index (χ2v) is 33.5. The van der Waals surface area contributed by atoms with Crippen LogP contribution in [0, 0.1) is 89.7 Å². The van der Waals surface area contributed by atoms with Gasteiger partial charge >= 0.3 is 11.9 Å². The maximum Gasteiger partial charge on any atom is 0.335 e. The maximum atomic E-state index is 12.3. The van der Waals surface area contributed by atoms with Crippen LogP contribution in [0.2, 0.25) is 0 Å². The van der Waals surface area contributed by atoms with Crippen molar-refractivity contribution in [2.45, 2.75) is 207 Å². The molecule has 0 aromatic heterocycles. The van der Waals surface area contributed by atoms with Gasteiger partial charge in [-0.3, -0.25) is 0 Å². The lowest BCUT2D eigenvalue weighted by atomic mass is 9.26. The number of carboxylic acids is 2. The fourth-order valence-corrected chi connectivity index (χ4v) is 28.7. The van der Waals surface area contributed by atoms with Gasteiger partial charge in [0.05, 0.1) is 11.1 Å². The van der Waals surface area contributed by atoms with Gasteiger partial charge in [0.25, 0.3) is 0 Å². The molecule has 14 atom stereocenters. The van der Waals surface area contributed by atoms with Gasteiger partial charge in [-0.2, -0.15) is 0 Å². The molecular weight excluding hydrogens is 913 g/mol. The van der Waals surface area contributed by atoms with Crippen molar-refractivity contribution in [3.05, 3.63) is 82.9 Å². The van der Waals surface area contributed by atoms with Crippen LogP contribution >= 0.6 is 0 Å². The van der Waals surface area contributed by atoms with Crippen molar-refractivity contribution in [3.63, 3.8) is 0 Å². The van der Waals surface area contributed by atoms with Gasteiger partial charge in [-0.25, -0.2) is 9.59 Å². The third kappa shape index (κ3) is 6.59. The molecule has 16 aliphatic rings. The number of carbonyl (C=O) groups is 2. The molecule has 394 valence electrons. The smallest absolute Gasteiger partial charge is 0.335 e. The highest BCUT2D eigenvalue weighted by atomic mass is 16.5. The molecule has 0 aliphatic heterocycles. The average Bonchev–Trinajstić information content (AvgIpc) is 3.40. The Hall–Kier alpha value is -3.80. The molecule has 6 nitrogen and oxygen atoms in total. The lowest BCUT2D eigenvalue weighted by Crippen LogP contribution is -2.71. The van der Waals surface area contributed by atoms with Gasteiger partial charge in [0.2, 0.25) is 0 Å². The van der Waals surface area contributed by atoms with Crippen molar-refractivity contribution in [3.8, 4) is 23.0 Å². The van der Waals surface area contributed by atoms with Gasteiger partial charge in [-0.1, -0.05) is 55.4 Å². The van der Waals surface area contributed by atoms with Gasteiger partial charge in [-0.05, 0) is 286 Å². The molecule has 74 heavy (non-hydrogen) atoms.